The Hall–Kier alpha value is -3.02. The van der Waals surface area contributed by atoms with Crippen molar-refractivity contribution in [3.8, 4) is 23.0 Å². The van der Waals surface area contributed by atoms with Crippen molar-refractivity contribution >= 4 is 11.6 Å². The van der Waals surface area contributed by atoms with E-state index in [1.807, 2.05) is 0 Å². The van der Waals surface area contributed by atoms with Crippen LogP contribution in [0.2, 0.25) is 0 Å². The van der Waals surface area contributed by atoms with Crippen LogP contribution in [0.3, 0.4) is 0 Å². The predicted molar refractivity (Wildman–Crippen MR) is 71.3 cm³/mol. The van der Waals surface area contributed by atoms with E-state index in [4.69, 9.17) is 4.74 Å². The third-order valence-electron chi connectivity index (χ3n) is 3.42. The summed E-state index contributed by atoms with van der Waals surface area (Å²) >= 11 is 0. The van der Waals surface area contributed by atoms with Crippen molar-refractivity contribution in [2.24, 2.45) is 0 Å². The number of rotatable bonds is 1. The lowest BCUT2D eigenvalue weighted by Crippen LogP contribution is -2.21. The summed E-state index contributed by atoms with van der Waals surface area (Å²) in [5.41, 5.74) is -0.563. The summed E-state index contributed by atoms with van der Waals surface area (Å²) in [5, 5.41) is 29.6. The Bertz CT molecular complexity index is 806. The highest BCUT2D eigenvalue weighted by Gasteiger charge is 2.36. The molecular formula is C15H10O6. The van der Waals surface area contributed by atoms with Gasteiger partial charge in [0.2, 0.25) is 5.75 Å². The van der Waals surface area contributed by atoms with E-state index in [0.29, 0.717) is 0 Å². The number of hydrogen-bond donors (Lipinski definition) is 3. The molecule has 0 heterocycles. The first kappa shape index (κ1) is 13.0. The van der Waals surface area contributed by atoms with Crippen molar-refractivity contribution in [3.63, 3.8) is 0 Å². The molecular weight excluding hydrogens is 276 g/mol. The molecule has 0 aliphatic heterocycles. The second-order valence-electron chi connectivity index (χ2n) is 4.56. The van der Waals surface area contributed by atoms with Crippen molar-refractivity contribution in [1.82, 2.24) is 0 Å². The third kappa shape index (κ3) is 1.59. The van der Waals surface area contributed by atoms with Crippen LogP contribution in [0.5, 0.6) is 23.0 Å². The van der Waals surface area contributed by atoms with Gasteiger partial charge in [-0.2, -0.15) is 0 Å². The third-order valence-corrected chi connectivity index (χ3v) is 3.42. The number of phenols is 3. The van der Waals surface area contributed by atoms with Crippen LogP contribution in [0.1, 0.15) is 31.8 Å². The van der Waals surface area contributed by atoms with Gasteiger partial charge in [-0.3, -0.25) is 9.59 Å². The maximum atomic E-state index is 12.4. The van der Waals surface area contributed by atoms with Crippen molar-refractivity contribution in [2.75, 3.05) is 7.11 Å². The number of ketones is 2. The minimum Gasteiger partial charge on any atom is -0.507 e. The molecule has 6 heteroatoms. The molecule has 0 fully saturated rings. The van der Waals surface area contributed by atoms with Gasteiger partial charge in [0, 0.05) is 11.1 Å². The lowest BCUT2D eigenvalue weighted by atomic mass is 9.82. The quantitative estimate of drug-likeness (QED) is 0.627. The molecule has 3 rings (SSSR count). The van der Waals surface area contributed by atoms with Gasteiger partial charge in [-0.1, -0.05) is 12.1 Å². The molecule has 0 saturated heterocycles. The number of methoxy groups -OCH3 is 1. The zero-order chi connectivity index (χ0) is 15.3. The number of hydrogen-bond acceptors (Lipinski definition) is 6. The molecule has 0 saturated carbocycles. The normalized spacial score (nSPS) is 12.8. The lowest BCUT2D eigenvalue weighted by molar-refractivity contribution is 0.0973. The van der Waals surface area contributed by atoms with Gasteiger partial charge in [0.25, 0.3) is 0 Å². The Morgan fingerprint density at radius 1 is 0.905 bits per heavy atom. The standard InChI is InChI=1S/C15H10O6/c1-21-15-9(17)5-7-11(14(15)20)12(18)6-3-2-4-8(16)10(6)13(7)19/h2-5,16-17,20H,1H3. The summed E-state index contributed by atoms with van der Waals surface area (Å²) in [5.74, 6) is -2.93. The molecule has 0 amide bonds. The Morgan fingerprint density at radius 2 is 1.57 bits per heavy atom. The fourth-order valence-electron chi connectivity index (χ4n) is 2.48. The molecule has 6 nitrogen and oxygen atoms in total. The van der Waals surface area contributed by atoms with E-state index in [9.17, 15) is 24.9 Å². The van der Waals surface area contributed by atoms with Crippen LogP contribution in [-0.2, 0) is 0 Å². The maximum Gasteiger partial charge on any atom is 0.203 e. The molecule has 0 spiro atoms. The summed E-state index contributed by atoms with van der Waals surface area (Å²) in [6.45, 7) is 0. The van der Waals surface area contributed by atoms with Crippen LogP contribution in [-0.4, -0.2) is 34.0 Å². The zero-order valence-electron chi connectivity index (χ0n) is 10.9. The molecule has 21 heavy (non-hydrogen) atoms. The van der Waals surface area contributed by atoms with Crippen molar-refractivity contribution < 1.29 is 29.6 Å². The number of benzene rings is 2. The van der Waals surface area contributed by atoms with E-state index in [2.05, 4.69) is 0 Å². The van der Waals surface area contributed by atoms with Crippen molar-refractivity contribution in [1.29, 1.82) is 0 Å². The summed E-state index contributed by atoms with van der Waals surface area (Å²) in [7, 11) is 1.22. The van der Waals surface area contributed by atoms with Gasteiger partial charge in [-0.05, 0) is 12.1 Å². The van der Waals surface area contributed by atoms with Gasteiger partial charge in [-0.25, -0.2) is 0 Å². The highest BCUT2D eigenvalue weighted by molar-refractivity contribution is 6.30. The minimum atomic E-state index is -0.647. The molecule has 2 aromatic rings. The Balaban J connectivity index is 2.39. The molecule has 0 radical (unpaired) electrons. The summed E-state index contributed by atoms with van der Waals surface area (Å²) in [6, 6.07) is 5.15. The predicted octanol–water partition coefficient (Wildman–Crippen LogP) is 1.59. The highest BCUT2D eigenvalue weighted by Crippen LogP contribution is 2.45. The van der Waals surface area contributed by atoms with Gasteiger partial charge in [0.05, 0.1) is 18.2 Å². The number of aromatic hydroxyl groups is 3. The average molecular weight is 286 g/mol. The maximum absolute atomic E-state index is 12.4. The van der Waals surface area contributed by atoms with E-state index in [-0.39, 0.29) is 33.8 Å². The molecule has 0 bridgehead atoms. The Kier molecular flexibility index (Phi) is 2.62. The fourth-order valence-corrected chi connectivity index (χ4v) is 2.48. The first-order chi connectivity index (χ1) is 9.97. The van der Waals surface area contributed by atoms with Gasteiger partial charge < -0.3 is 20.1 Å². The van der Waals surface area contributed by atoms with Gasteiger partial charge >= 0.3 is 0 Å². The van der Waals surface area contributed by atoms with Crippen LogP contribution in [0.25, 0.3) is 0 Å². The molecule has 0 atom stereocenters. The number of phenolic OH excluding ortho intramolecular Hbond substituents is 3. The fraction of sp³-hybridized carbons (Fsp3) is 0.0667. The van der Waals surface area contributed by atoms with Crippen LogP contribution >= 0.6 is 0 Å². The van der Waals surface area contributed by atoms with Gasteiger partial charge in [0.1, 0.15) is 5.75 Å². The van der Waals surface area contributed by atoms with E-state index in [1.165, 1.54) is 25.3 Å². The highest BCUT2D eigenvalue weighted by atomic mass is 16.5. The number of carbonyl (C=O) groups excluding carboxylic acids is 2. The number of ether oxygens (including phenoxy) is 1. The average Bonchev–Trinajstić information content (AvgIpc) is 2.44. The lowest BCUT2D eigenvalue weighted by Gasteiger charge is -2.20. The van der Waals surface area contributed by atoms with Gasteiger partial charge in [0.15, 0.2) is 23.1 Å². The molecule has 106 valence electrons. The van der Waals surface area contributed by atoms with E-state index >= 15 is 0 Å². The summed E-state index contributed by atoms with van der Waals surface area (Å²) in [4.78, 5) is 24.8. The molecule has 0 aromatic heterocycles. The first-order valence-corrected chi connectivity index (χ1v) is 6.01. The van der Waals surface area contributed by atoms with Gasteiger partial charge in [-0.15, -0.1) is 0 Å². The number of carbonyl (C=O) groups is 2. The molecule has 1 aliphatic carbocycles. The second kappa shape index (κ2) is 4.24. The van der Waals surface area contributed by atoms with Crippen LogP contribution in [0, 0.1) is 0 Å². The van der Waals surface area contributed by atoms with Crippen molar-refractivity contribution in [2.45, 2.75) is 0 Å². The van der Waals surface area contributed by atoms with E-state index < -0.39 is 23.1 Å². The van der Waals surface area contributed by atoms with Crippen LogP contribution in [0.15, 0.2) is 24.3 Å². The molecule has 3 N–H and O–H groups in total. The van der Waals surface area contributed by atoms with Crippen LogP contribution < -0.4 is 4.74 Å². The topological polar surface area (TPSA) is 104 Å². The van der Waals surface area contributed by atoms with E-state index in [1.54, 1.807) is 0 Å². The number of fused-ring (bicyclic) bond motifs is 2. The second-order valence-corrected chi connectivity index (χ2v) is 4.56. The molecule has 0 unspecified atom stereocenters. The Labute approximate surface area is 118 Å². The van der Waals surface area contributed by atoms with Crippen molar-refractivity contribution in [3.05, 3.63) is 46.5 Å². The minimum absolute atomic E-state index is 0.00413. The smallest absolute Gasteiger partial charge is 0.203 e. The Morgan fingerprint density at radius 3 is 2.24 bits per heavy atom. The SMILES string of the molecule is COc1c(O)cc2c(c1O)C(=O)c1cccc(O)c1C2=O. The summed E-state index contributed by atoms with van der Waals surface area (Å²) in [6.07, 6.45) is 0. The monoisotopic (exact) mass is 286 g/mol. The van der Waals surface area contributed by atoms with Crippen LogP contribution in [0.4, 0.5) is 0 Å². The van der Waals surface area contributed by atoms with E-state index in [0.717, 1.165) is 6.07 Å². The largest absolute Gasteiger partial charge is 0.507 e. The zero-order valence-corrected chi connectivity index (χ0v) is 10.9. The summed E-state index contributed by atoms with van der Waals surface area (Å²) < 4.78 is 4.82. The molecule has 1 aliphatic rings. The first-order valence-electron chi connectivity index (χ1n) is 6.01. The molecule has 2 aromatic carbocycles.